The Balaban J connectivity index is 2.30. The summed E-state index contributed by atoms with van der Waals surface area (Å²) in [5.74, 6) is -0.327. The number of halogens is 3. The number of carbonyl (C=O) groups is 1. The van der Waals surface area contributed by atoms with Crippen LogP contribution in [0.5, 0.6) is 5.75 Å². The van der Waals surface area contributed by atoms with Crippen molar-refractivity contribution >= 4 is 39.1 Å². The van der Waals surface area contributed by atoms with Gasteiger partial charge in [-0.2, -0.15) is 0 Å². The van der Waals surface area contributed by atoms with Crippen LogP contribution in [0, 0.1) is 5.82 Å². The highest BCUT2D eigenvalue weighted by molar-refractivity contribution is 9.10. The number of nitrogens with one attached hydrogen (secondary N) is 1. The van der Waals surface area contributed by atoms with Crippen LogP contribution in [0.25, 0.3) is 0 Å². The second-order valence-electron chi connectivity index (χ2n) is 3.92. The van der Waals surface area contributed by atoms with Gasteiger partial charge in [-0.15, -0.1) is 0 Å². The number of methoxy groups -OCH3 is 1. The first-order valence-corrected chi connectivity index (χ1v) is 6.78. The molecule has 1 N–H and O–H groups in total. The molecular formula is C14H10BrClFNO2. The zero-order chi connectivity index (χ0) is 14.7. The summed E-state index contributed by atoms with van der Waals surface area (Å²) < 4.78 is 18.5. The Labute approximate surface area is 128 Å². The maximum absolute atomic E-state index is 13.0. The molecule has 0 radical (unpaired) electrons. The summed E-state index contributed by atoms with van der Waals surface area (Å²) in [5.41, 5.74) is 0.759. The number of hydrogen-bond donors (Lipinski definition) is 1. The van der Waals surface area contributed by atoms with Gasteiger partial charge in [-0.3, -0.25) is 4.79 Å². The quantitative estimate of drug-likeness (QED) is 0.877. The molecule has 0 atom stereocenters. The molecule has 0 aliphatic carbocycles. The Morgan fingerprint density at radius 3 is 2.70 bits per heavy atom. The molecule has 3 nitrogen and oxygen atoms in total. The smallest absolute Gasteiger partial charge is 0.256 e. The van der Waals surface area contributed by atoms with E-state index in [1.54, 1.807) is 18.2 Å². The van der Waals surface area contributed by atoms with Crippen LogP contribution in [0.4, 0.5) is 10.1 Å². The van der Waals surface area contributed by atoms with E-state index in [1.807, 2.05) is 0 Å². The van der Waals surface area contributed by atoms with Crippen molar-refractivity contribution in [3.8, 4) is 5.75 Å². The third-order valence-electron chi connectivity index (χ3n) is 2.59. The predicted molar refractivity (Wildman–Crippen MR) is 80.1 cm³/mol. The molecule has 6 heteroatoms. The molecular weight excluding hydrogens is 349 g/mol. The standard InChI is InChI=1S/C14H10BrClFNO2/c1-20-13-5-2-8(16)6-12(13)18-14(19)10-4-3-9(17)7-11(10)15/h2-7H,1H3,(H,18,19). The highest BCUT2D eigenvalue weighted by Gasteiger charge is 2.13. The maximum Gasteiger partial charge on any atom is 0.256 e. The van der Waals surface area contributed by atoms with Crippen molar-refractivity contribution in [2.45, 2.75) is 0 Å². The van der Waals surface area contributed by atoms with Crippen LogP contribution in [-0.4, -0.2) is 13.0 Å². The topological polar surface area (TPSA) is 38.3 Å². The van der Waals surface area contributed by atoms with Crippen molar-refractivity contribution in [1.29, 1.82) is 0 Å². The van der Waals surface area contributed by atoms with Crippen molar-refractivity contribution in [1.82, 2.24) is 0 Å². The van der Waals surface area contributed by atoms with Gasteiger partial charge >= 0.3 is 0 Å². The number of ether oxygens (including phenoxy) is 1. The second-order valence-corrected chi connectivity index (χ2v) is 5.21. The minimum absolute atomic E-state index is 0.313. The molecule has 0 aliphatic heterocycles. The molecule has 2 aromatic carbocycles. The number of amides is 1. The number of rotatable bonds is 3. The summed E-state index contributed by atoms with van der Waals surface area (Å²) in [6, 6.07) is 8.72. The van der Waals surface area contributed by atoms with Crippen molar-refractivity contribution in [3.63, 3.8) is 0 Å². The largest absolute Gasteiger partial charge is 0.495 e. The highest BCUT2D eigenvalue weighted by Crippen LogP contribution is 2.29. The average Bonchev–Trinajstić information content (AvgIpc) is 2.38. The number of anilines is 1. The van der Waals surface area contributed by atoms with Crippen LogP contribution in [0.3, 0.4) is 0 Å². The molecule has 0 spiro atoms. The lowest BCUT2D eigenvalue weighted by Crippen LogP contribution is -2.13. The molecule has 104 valence electrons. The van der Waals surface area contributed by atoms with Gasteiger partial charge in [0, 0.05) is 9.50 Å². The first-order chi connectivity index (χ1) is 9.51. The van der Waals surface area contributed by atoms with Gasteiger partial charge in [0.05, 0.1) is 18.4 Å². The highest BCUT2D eigenvalue weighted by atomic mass is 79.9. The van der Waals surface area contributed by atoms with E-state index in [2.05, 4.69) is 21.2 Å². The molecule has 0 aromatic heterocycles. The lowest BCUT2D eigenvalue weighted by molar-refractivity contribution is 0.102. The van der Waals surface area contributed by atoms with Gasteiger partial charge in [-0.25, -0.2) is 4.39 Å². The summed E-state index contributed by atoms with van der Waals surface area (Å²) >= 11 is 9.04. The van der Waals surface area contributed by atoms with Crippen LogP contribution >= 0.6 is 27.5 Å². The van der Waals surface area contributed by atoms with Gasteiger partial charge in [-0.1, -0.05) is 11.6 Å². The van der Waals surface area contributed by atoms with Crippen molar-refractivity contribution < 1.29 is 13.9 Å². The Morgan fingerprint density at radius 1 is 1.30 bits per heavy atom. The number of carbonyl (C=O) groups excluding carboxylic acids is 1. The molecule has 20 heavy (non-hydrogen) atoms. The van der Waals surface area contributed by atoms with E-state index >= 15 is 0 Å². The molecule has 1 amide bonds. The Hall–Kier alpha value is -1.59. The van der Waals surface area contributed by atoms with Crippen LogP contribution in [0.15, 0.2) is 40.9 Å². The minimum atomic E-state index is -0.422. The zero-order valence-electron chi connectivity index (χ0n) is 10.4. The Morgan fingerprint density at radius 2 is 2.05 bits per heavy atom. The SMILES string of the molecule is COc1ccc(Cl)cc1NC(=O)c1ccc(F)cc1Br. The van der Waals surface area contributed by atoms with E-state index in [0.29, 0.717) is 26.5 Å². The fourth-order valence-corrected chi connectivity index (χ4v) is 2.34. The molecule has 0 saturated carbocycles. The maximum atomic E-state index is 13.0. The minimum Gasteiger partial charge on any atom is -0.495 e. The molecule has 0 bridgehead atoms. The van der Waals surface area contributed by atoms with Crippen molar-refractivity contribution in [2.75, 3.05) is 12.4 Å². The van der Waals surface area contributed by atoms with Crippen LogP contribution in [0.2, 0.25) is 5.02 Å². The van der Waals surface area contributed by atoms with Gasteiger partial charge in [0.15, 0.2) is 0 Å². The van der Waals surface area contributed by atoms with Gasteiger partial charge < -0.3 is 10.1 Å². The van der Waals surface area contributed by atoms with Crippen LogP contribution < -0.4 is 10.1 Å². The summed E-state index contributed by atoms with van der Waals surface area (Å²) in [5, 5.41) is 3.15. The van der Waals surface area contributed by atoms with Gasteiger partial charge in [-0.05, 0) is 52.3 Å². The third kappa shape index (κ3) is 3.29. The van der Waals surface area contributed by atoms with E-state index in [-0.39, 0.29) is 0 Å². The summed E-state index contributed by atoms with van der Waals surface area (Å²) in [6.45, 7) is 0. The molecule has 0 saturated heterocycles. The molecule has 0 aliphatic rings. The molecule has 0 unspecified atom stereocenters. The number of hydrogen-bond acceptors (Lipinski definition) is 2. The molecule has 2 rings (SSSR count). The van der Waals surface area contributed by atoms with Gasteiger partial charge in [0.1, 0.15) is 11.6 Å². The molecule has 0 heterocycles. The van der Waals surface area contributed by atoms with E-state index < -0.39 is 11.7 Å². The van der Waals surface area contributed by atoms with E-state index in [4.69, 9.17) is 16.3 Å². The third-order valence-corrected chi connectivity index (χ3v) is 3.48. The van der Waals surface area contributed by atoms with Crippen molar-refractivity contribution in [3.05, 3.63) is 57.3 Å². The molecule has 2 aromatic rings. The van der Waals surface area contributed by atoms with Gasteiger partial charge in [0.25, 0.3) is 5.91 Å². The van der Waals surface area contributed by atoms with Crippen LogP contribution in [0.1, 0.15) is 10.4 Å². The summed E-state index contributed by atoms with van der Waals surface area (Å²) in [6.07, 6.45) is 0. The lowest BCUT2D eigenvalue weighted by atomic mass is 10.2. The van der Waals surface area contributed by atoms with Gasteiger partial charge in [0.2, 0.25) is 0 Å². The Bertz CT molecular complexity index is 664. The Kier molecular flexibility index (Phi) is 4.62. The van der Waals surface area contributed by atoms with E-state index in [0.717, 1.165) is 0 Å². The zero-order valence-corrected chi connectivity index (χ0v) is 12.8. The average molecular weight is 359 g/mol. The summed E-state index contributed by atoms with van der Waals surface area (Å²) in [4.78, 5) is 12.2. The van der Waals surface area contributed by atoms with Crippen LogP contribution in [-0.2, 0) is 0 Å². The predicted octanol–water partition coefficient (Wildman–Crippen LogP) is 4.50. The first kappa shape index (κ1) is 14.8. The fraction of sp³-hybridized carbons (Fsp3) is 0.0714. The first-order valence-electron chi connectivity index (χ1n) is 5.61. The van der Waals surface area contributed by atoms with E-state index in [1.165, 1.54) is 25.3 Å². The second kappa shape index (κ2) is 6.24. The number of benzene rings is 2. The van der Waals surface area contributed by atoms with Crippen molar-refractivity contribution in [2.24, 2.45) is 0 Å². The lowest BCUT2D eigenvalue weighted by Gasteiger charge is -2.11. The summed E-state index contributed by atoms with van der Waals surface area (Å²) in [7, 11) is 1.49. The monoisotopic (exact) mass is 357 g/mol. The molecule has 0 fully saturated rings. The van der Waals surface area contributed by atoms with E-state index in [9.17, 15) is 9.18 Å². The fourth-order valence-electron chi connectivity index (χ4n) is 1.64. The normalized spacial score (nSPS) is 10.2.